The Bertz CT molecular complexity index is 1070. The van der Waals surface area contributed by atoms with Gasteiger partial charge in [0.25, 0.3) is 11.8 Å². The number of imide groups is 1. The molecular formula is C27H31N3O3. The first kappa shape index (κ1) is 21.9. The van der Waals surface area contributed by atoms with Crippen molar-refractivity contribution < 1.29 is 14.3 Å². The van der Waals surface area contributed by atoms with E-state index < -0.39 is 0 Å². The highest BCUT2D eigenvalue weighted by atomic mass is 16.5. The van der Waals surface area contributed by atoms with E-state index in [1.807, 2.05) is 43.3 Å². The molecule has 6 heteroatoms. The lowest BCUT2D eigenvalue weighted by Crippen LogP contribution is -2.40. The van der Waals surface area contributed by atoms with E-state index in [1.165, 1.54) is 10.5 Å². The topological polar surface area (TPSA) is 53.1 Å². The Morgan fingerprint density at radius 1 is 0.879 bits per heavy atom. The van der Waals surface area contributed by atoms with Gasteiger partial charge in [-0.1, -0.05) is 48.0 Å². The summed E-state index contributed by atoms with van der Waals surface area (Å²) < 4.78 is 5.42. The number of nitrogens with zero attached hydrogens (tertiary/aromatic N) is 3. The number of hydrogen-bond donors (Lipinski definition) is 0. The first-order valence-electron chi connectivity index (χ1n) is 12.0. The Morgan fingerprint density at radius 2 is 1.64 bits per heavy atom. The predicted molar refractivity (Wildman–Crippen MR) is 129 cm³/mol. The van der Waals surface area contributed by atoms with E-state index in [0.717, 1.165) is 75.5 Å². The molecule has 0 radical (unpaired) electrons. The van der Waals surface area contributed by atoms with Crippen LogP contribution in [0, 0.1) is 6.92 Å². The number of ether oxygens (including phenoxy) is 1. The highest BCUT2D eigenvalue weighted by Gasteiger charge is 2.42. The van der Waals surface area contributed by atoms with Gasteiger partial charge in [0.15, 0.2) is 0 Å². The summed E-state index contributed by atoms with van der Waals surface area (Å²) in [6, 6.07) is 16.2. The Hall–Kier alpha value is -2.96. The largest absolute Gasteiger partial charge is 0.379 e. The molecule has 0 bridgehead atoms. The molecular weight excluding hydrogens is 414 g/mol. The van der Waals surface area contributed by atoms with Crippen LogP contribution in [0.25, 0.3) is 5.57 Å². The van der Waals surface area contributed by atoms with Crippen LogP contribution in [-0.2, 0) is 20.7 Å². The maximum atomic E-state index is 13.7. The minimum absolute atomic E-state index is 0.172. The van der Waals surface area contributed by atoms with Crippen LogP contribution in [0.4, 0.5) is 5.69 Å². The van der Waals surface area contributed by atoms with E-state index >= 15 is 0 Å². The third kappa shape index (κ3) is 4.33. The van der Waals surface area contributed by atoms with Gasteiger partial charge in [0.1, 0.15) is 5.70 Å². The number of carbonyl (C=O) groups is 2. The van der Waals surface area contributed by atoms with Gasteiger partial charge >= 0.3 is 0 Å². The fourth-order valence-electron chi connectivity index (χ4n) is 5.04. The van der Waals surface area contributed by atoms with Gasteiger partial charge < -0.3 is 9.64 Å². The standard InChI is InChI=1S/C27H31N3O3/c1-20-9-11-22(12-10-20)24-25(29-14-4-7-21-6-2-3-8-23(21)29)27(32)30(26(24)31)15-5-13-28-16-18-33-19-17-28/h2-3,6,8-12H,4-5,7,13-19H2,1H3. The van der Waals surface area contributed by atoms with Crippen LogP contribution in [-0.4, -0.2) is 67.6 Å². The van der Waals surface area contributed by atoms with Crippen LogP contribution in [0.2, 0.25) is 0 Å². The number of carbonyl (C=O) groups excluding carboxylic acids is 2. The van der Waals surface area contributed by atoms with Crippen molar-refractivity contribution in [3.05, 3.63) is 70.9 Å². The average molecular weight is 446 g/mol. The van der Waals surface area contributed by atoms with Crippen molar-refractivity contribution in [2.45, 2.75) is 26.2 Å². The summed E-state index contributed by atoms with van der Waals surface area (Å²) in [4.78, 5) is 33.2. The van der Waals surface area contributed by atoms with E-state index in [2.05, 4.69) is 21.9 Å². The minimum Gasteiger partial charge on any atom is -0.379 e. The van der Waals surface area contributed by atoms with Crippen molar-refractivity contribution >= 4 is 23.1 Å². The van der Waals surface area contributed by atoms with E-state index in [1.54, 1.807) is 0 Å². The second-order valence-electron chi connectivity index (χ2n) is 9.04. The van der Waals surface area contributed by atoms with Crippen molar-refractivity contribution in [3.63, 3.8) is 0 Å². The van der Waals surface area contributed by atoms with Gasteiger partial charge in [-0.2, -0.15) is 0 Å². The van der Waals surface area contributed by atoms with Crippen LogP contribution >= 0.6 is 0 Å². The molecule has 2 aromatic carbocycles. The predicted octanol–water partition coefficient (Wildman–Crippen LogP) is 3.25. The molecule has 0 aromatic heterocycles. The maximum Gasteiger partial charge on any atom is 0.278 e. The van der Waals surface area contributed by atoms with Gasteiger partial charge in [-0.25, -0.2) is 0 Å². The number of aryl methyl sites for hydroxylation is 2. The molecule has 1 fully saturated rings. The second-order valence-corrected chi connectivity index (χ2v) is 9.04. The summed E-state index contributed by atoms with van der Waals surface area (Å²) in [5.74, 6) is -0.349. The molecule has 2 aromatic rings. The molecule has 2 amide bonds. The third-order valence-corrected chi connectivity index (χ3v) is 6.82. The Morgan fingerprint density at radius 3 is 2.42 bits per heavy atom. The second kappa shape index (κ2) is 9.49. The average Bonchev–Trinajstić information content (AvgIpc) is 3.09. The summed E-state index contributed by atoms with van der Waals surface area (Å²) in [5, 5.41) is 0. The third-order valence-electron chi connectivity index (χ3n) is 6.82. The summed E-state index contributed by atoms with van der Waals surface area (Å²) in [5.41, 5.74) is 5.27. The molecule has 0 aliphatic carbocycles. The molecule has 6 nitrogen and oxygen atoms in total. The molecule has 5 rings (SSSR count). The quantitative estimate of drug-likeness (QED) is 0.639. The zero-order chi connectivity index (χ0) is 22.8. The van der Waals surface area contributed by atoms with Crippen molar-refractivity contribution in [2.75, 3.05) is 50.8 Å². The molecule has 0 spiro atoms. The van der Waals surface area contributed by atoms with Crippen molar-refractivity contribution in [1.82, 2.24) is 9.80 Å². The van der Waals surface area contributed by atoms with Crippen molar-refractivity contribution in [2.24, 2.45) is 0 Å². The smallest absolute Gasteiger partial charge is 0.278 e. The summed E-state index contributed by atoms with van der Waals surface area (Å²) in [7, 11) is 0. The molecule has 0 atom stereocenters. The van der Waals surface area contributed by atoms with E-state index in [-0.39, 0.29) is 11.8 Å². The van der Waals surface area contributed by atoms with Gasteiger partial charge in [-0.3, -0.25) is 19.4 Å². The minimum atomic E-state index is -0.177. The summed E-state index contributed by atoms with van der Waals surface area (Å²) in [6.45, 7) is 7.38. The van der Waals surface area contributed by atoms with Crippen LogP contribution in [0.3, 0.4) is 0 Å². The number of amides is 2. The fraction of sp³-hybridized carbons (Fsp3) is 0.407. The van der Waals surface area contributed by atoms with Gasteiger partial charge in [-0.15, -0.1) is 0 Å². The number of anilines is 1. The number of para-hydroxylation sites is 1. The van der Waals surface area contributed by atoms with E-state index in [0.29, 0.717) is 17.8 Å². The number of hydrogen-bond acceptors (Lipinski definition) is 5. The SMILES string of the molecule is Cc1ccc(C2=C(N3CCCc4ccccc43)C(=O)N(CCCN3CCOCC3)C2=O)cc1. The van der Waals surface area contributed by atoms with Crippen molar-refractivity contribution in [3.8, 4) is 0 Å². The summed E-state index contributed by atoms with van der Waals surface area (Å²) >= 11 is 0. The molecule has 0 unspecified atom stereocenters. The zero-order valence-electron chi connectivity index (χ0n) is 19.3. The fourth-order valence-corrected chi connectivity index (χ4v) is 5.04. The lowest BCUT2D eigenvalue weighted by Gasteiger charge is -2.32. The Kier molecular flexibility index (Phi) is 6.29. The van der Waals surface area contributed by atoms with Gasteiger partial charge in [0.05, 0.1) is 18.8 Å². The van der Waals surface area contributed by atoms with Crippen LogP contribution in [0.1, 0.15) is 29.5 Å². The van der Waals surface area contributed by atoms with Crippen LogP contribution in [0.15, 0.2) is 54.2 Å². The highest BCUT2D eigenvalue weighted by molar-refractivity contribution is 6.36. The zero-order valence-corrected chi connectivity index (χ0v) is 19.3. The lowest BCUT2D eigenvalue weighted by atomic mass is 9.98. The lowest BCUT2D eigenvalue weighted by molar-refractivity contribution is -0.137. The highest BCUT2D eigenvalue weighted by Crippen LogP contribution is 2.37. The van der Waals surface area contributed by atoms with Crippen LogP contribution in [0.5, 0.6) is 0 Å². The Labute approximate surface area is 195 Å². The Balaban J connectivity index is 1.46. The molecule has 3 aliphatic rings. The first-order valence-corrected chi connectivity index (χ1v) is 12.0. The van der Waals surface area contributed by atoms with E-state index in [4.69, 9.17) is 4.74 Å². The monoisotopic (exact) mass is 445 g/mol. The number of morpholine rings is 1. The summed E-state index contributed by atoms with van der Waals surface area (Å²) in [6.07, 6.45) is 2.72. The van der Waals surface area contributed by atoms with Gasteiger partial charge in [-0.05, 0) is 43.4 Å². The van der Waals surface area contributed by atoms with Gasteiger partial charge in [0.2, 0.25) is 0 Å². The molecule has 0 N–H and O–H groups in total. The molecule has 0 saturated carbocycles. The normalized spacial score (nSPS) is 19.4. The molecule has 1 saturated heterocycles. The number of rotatable bonds is 6. The maximum absolute atomic E-state index is 13.7. The molecule has 3 aliphatic heterocycles. The molecule has 172 valence electrons. The van der Waals surface area contributed by atoms with Crippen molar-refractivity contribution in [1.29, 1.82) is 0 Å². The molecule has 3 heterocycles. The number of fused-ring (bicyclic) bond motifs is 1. The molecule has 33 heavy (non-hydrogen) atoms. The number of benzene rings is 2. The van der Waals surface area contributed by atoms with Gasteiger partial charge in [0, 0.05) is 38.4 Å². The first-order chi connectivity index (χ1) is 16.1. The van der Waals surface area contributed by atoms with E-state index in [9.17, 15) is 9.59 Å². The van der Waals surface area contributed by atoms with Crippen LogP contribution < -0.4 is 4.90 Å².